The summed E-state index contributed by atoms with van der Waals surface area (Å²) in [7, 11) is 3.18. The van der Waals surface area contributed by atoms with Crippen LogP contribution >= 0.6 is 0 Å². The van der Waals surface area contributed by atoms with Crippen molar-refractivity contribution in [1.82, 2.24) is 0 Å². The normalized spacial score (nSPS) is 10.2. The lowest BCUT2D eigenvalue weighted by Crippen LogP contribution is -2.01. The van der Waals surface area contributed by atoms with Crippen molar-refractivity contribution in [2.24, 2.45) is 0 Å². The van der Waals surface area contributed by atoms with Gasteiger partial charge in [-0.2, -0.15) is 0 Å². The summed E-state index contributed by atoms with van der Waals surface area (Å²) in [5.74, 6) is 1.44. The Morgan fingerprint density at radius 1 is 1.05 bits per heavy atom. The van der Waals surface area contributed by atoms with E-state index in [0.29, 0.717) is 12.3 Å². The molecule has 0 fully saturated rings. The van der Waals surface area contributed by atoms with E-state index >= 15 is 0 Å². The number of ether oxygens (including phenoxy) is 2. The maximum atomic E-state index is 9.75. The van der Waals surface area contributed by atoms with Gasteiger partial charge in [-0.25, -0.2) is 0 Å². The monoisotopic (exact) mass is 273 g/mol. The van der Waals surface area contributed by atoms with Crippen molar-refractivity contribution in [3.63, 3.8) is 0 Å². The van der Waals surface area contributed by atoms with E-state index in [1.807, 2.05) is 31.2 Å². The van der Waals surface area contributed by atoms with E-state index in [-0.39, 0.29) is 5.75 Å². The molecular formula is C16H19NO3. The van der Waals surface area contributed by atoms with Crippen molar-refractivity contribution in [3.8, 4) is 17.2 Å². The second-order valence-corrected chi connectivity index (χ2v) is 4.54. The largest absolute Gasteiger partial charge is 0.504 e. The third-order valence-corrected chi connectivity index (χ3v) is 3.17. The molecule has 2 aromatic carbocycles. The number of phenolic OH excluding ortho intramolecular Hbond substituents is 1. The first kappa shape index (κ1) is 14.1. The maximum Gasteiger partial charge on any atom is 0.160 e. The summed E-state index contributed by atoms with van der Waals surface area (Å²) in [4.78, 5) is 0. The van der Waals surface area contributed by atoms with Gasteiger partial charge in [0.05, 0.1) is 14.2 Å². The Balaban J connectivity index is 2.10. The van der Waals surface area contributed by atoms with Crippen LogP contribution in [-0.2, 0) is 6.54 Å². The summed E-state index contributed by atoms with van der Waals surface area (Å²) in [6, 6.07) is 11.3. The van der Waals surface area contributed by atoms with Crippen molar-refractivity contribution in [2.75, 3.05) is 19.5 Å². The fourth-order valence-electron chi connectivity index (χ4n) is 1.96. The first-order valence-corrected chi connectivity index (χ1v) is 6.38. The Bertz CT molecular complexity index is 596. The highest BCUT2D eigenvalue weighted by atomic mass is 16.5. The van der Waals surface area contributed by atoms with Crippen LogP contribution in [0.15, 0.2) is 36.4 Å². The third-order valence-electron chi connectivity index (χ3n) is 3.17. The lowest BCUT2D eigenvalue weighted by molar-refractivity contribution is 0.373. The molecule has 0 aliphatic heterocycles. The molecule has 2 rings (SSSR count). The van der Waals surface area contributed by atoms with E-state index in [9.17, 15) is 5.11 Å². The van der Waals surface area contributed by atoms with E-state index in [2.05, 4.69) is 5.32 Å². The van der Waals surface area contributed by atoms with E-state index in [0.717, 1.165) is 22.6 Å². The predicted molar refractivity (Wildman–Crippen MR) is 79.7 cm³/mol. The summed E-state index contributed by atoms with van der Waals surface area (Å²) < 4.78 is 10.2. The zero-order chi connectivity index (χ0) is 14.5. The molecule has 0 atom stereocenters. The minimum atomic E-state index is 0.147. The molecule has 0 amide bonds. The first-order valence-electron chi connectivity index (χ1n) is 6.38. The molecule has 4 nitrogen and oxygen atoms in total. The molecule has 0 saturated carbocycles. The second kappa shape index (κ2) is 6.19. The molecule has 2 aromatic rings. The van der Waals surface area contributed by atoms with E-state index < -0.39 is 0 Å². The van der Waals surface area contributed by atoms with Gasteiger partial charge in [0.1, 0.15) is 5.75 Å². The zero-order valence-corrected chi connectivity index (χ0v) is 11.9. The molecule has 0 aliphatic rings. The van der Waals surface area contributed by atoms with Crippen LogP contribution < -0.4 is 14.8 Å². The molecule has 0 bridgehead atoms. The number of anilines is 1. The fourth-order valence-corrected chi connectivity index (χ4v) is 1.96. The lowest BCUT2D eigenvalue weighted by Gasteiger charge is -2.12. The molecule has 106 valence electrons. The molecule has 0 aromatic heterocycles. The minimum absolute atomic E-state index is 0.147. The molecule has 4 heteroatoms. The fraction of sp³-hybridized carbons (Fsp3) is 0.250. The van der Waals surface area contributed by atoms with Crippen LogP contribution in [0.1, 0.15) is 11.1 Å². The summed E-state index contributed by atoms with van der Waals surface area (Å²) in [5.41, 5.74) is 3.13. The molecular weight excluding hydrogens is 254 g/mol. The van der Waals surface area contributed by atoms with Gasteiger partial charge in [-0.3, -0.25) is 0 Å². The predicted octanol–water partition coefficient (Wildman–Crippen LogP) is 3.33. The number of aryl methyl sites for hydroxylation is 1. The van der Waals surface area contributed by atoms with Crippen LogP contribution in [0, 0.1) is 6.92 Å². The summed E-state index contributed by atoms with van der Waals surface area (Å²) in [6.07, 6.45) is 0. The number of hydrogen-bond donors (Lipinski definition) is 2. The molecule has 20 heavy (non-hydrogen) atoms. The molecule has 0 saturated heterocycles. The van der Waals surface area contributed by atoms with Gasteiger partial charge >= 0.3 is 0 Å². The van der Waals surface area contributed by atoms with Gasteiger partial charge in [-0.05, 0) is 36.2 Å². The van der Waals surface area contributed by atoms with Gasteiger partial charge in [0, 0.05) is 18.3 Å². The Labute approximate surface area is 119 Å². The number of benzene rings is 2. The highest BCUT2D eigenvalue weighted by Gasteiger charge is 2.04. The van der Waals surface area contributed by atoms with Gasteiger partial charge in [0.2, 0.25) is 0 Å². The number of aromatic hydroxyl groups is 1. The Kier molecular flexibility index (Phi) is 4.35. The smallest absolute Gasteiger partial charge is 0.160 e. The van der Waals surface area contributed by atoms with Crippen LogP contribution in [0.2, 0.25) is 0 Å². The lowest BCUT2D eigenvalue weighted by atomic mass is 10.1. The number of nitrogens with one attached hydrogen (secondary N) is 1. The zero-order valence-electron chi connectivity index (χ0n) is 11.9. The molecule has 0 spiro atoms. The van der Waals surface area contributed by atoms with Gasteiger partial charge in [0.25, 0.3) is 0 Å². The Hall–Kier alpha value is -2.36. The molecule has 0 heterocycles. The standard InChI is InChI=1S/C16H19NO3/c1-11-4-6-13(19-2)9-14(11)17-10-12-5-7-16(20-3)15(18)8-12/h4-9,17-18H,10H2,1-3H3. The molecule has 0 radical (unpaired) electrons. The molecule has 0 aliphatic carbocycles. The van der Waals surface area contributed by atoms with Gasteiger partial charge in [-0.15, -0.1) is 0 Å². The van der Waals surface area contributed by atoms with E-state index in [1.165, 1.54) is 7.11 Å². The molecule has 2 N–H and O–H groups in total. The minimum Gasteiger partial charge on any atom is -0.504 e. The average Bonchev–Trinajstić information content (AvgIpc) is 2.46. The molecule has 0 unspecified atom stereocenters. The second-order valence-electron chi connectivity index (χ2n) is 4.54. The Morgan fingerprint density at radius 2 is 1.85 bits per heavy atom. The Morgan fingerprint density at radius 3 is 2.50 bits per heavy atom. The van der Waals surface area contributed by atoms with Gasteiger partial charge in [-0.1, -0.05) is 12.1 Å². The van der Waals surface area contributed by atoms with Crippen LogP contribution in [0.25, 0.3) is 0 Å². The maximum absolute atomic E-state index is 9.75. The number of phenols is 1. The summed E-state index contributed by atoms with van der Waals surface area (Å²) >= 11 is 0. The average molecular weight is 273 g/mol. The first-order chi connectivity index (χ1) is 9.63. The van der Waals surface area contributed by atoms with Gasteiger partial charge in [0.15, 0.2) is 11.5 Å². The summed E-state index contributed by atoms with van der Waals surface area (Å²) in [5, 5.41) is 13.1. The SMILES string of the molecule is COc1ccc(C)c(NCc2ccc(OC)c(O)c2)c1. The quantitative estimate of drug-likeness (QED) is 0.877. The van der Waals surface area contributed by atoms with Crippen LogP contribution in [0.3, 0.4) is 0 Å². The van der Waals surface area contributed by atoms with Crippen molar-refractivity contribution < 1.29 is 14.6 Å². The number of rotatable bonds is 5. The number of methoxy groups -OCH3 is 2. The van der Waals surface area contributed by atoms with Crippen molar-refractivity contribution in [3.05, 3.63) is 47.5 Å². The van der Waals surface area contributed by atoms with Crippen molar-refractivity contribution >= 4 is 5.69 Å². The van der Waals surface area contributed by atoms with Gasteiger partial charge < -0.3 is 19.9 Å². The number of hydrogen-bond acceptors (Lipinski definition) is 4. The van der Waals surface area contributed by atoms with Crippen molar-refractivity contribution in [2.45, 2.75) is 13.5 Å². The highest BCUT2D eigenvalue weighted by Crippen LogP contribution is 2.27. The van der Waals surface area contributed by atoms with E-state index in [4.69, 9.17) is 9.47 Å². The van der Waals surface area contributed by atoms with E-state index in [1.54, 1.807) is 19.2 Å². The topological polar surface area (TPSA) is 50.7 Å². The van der Waals surface area contributed by atoms with Crippen LogP contribution in [0.5, 0.6) is 17.2 Å². The van der Waals surface area contributed by atoms with Crippen LogP contribution in [-0.4, -0.2) is 19.3 Å². The summed E-state index contributed by atoms with van der Waals surface area (Å²) in [6.45, 7) is 2.65. The van der Waals surface area contributed by atoms with Crippen LogP contribution in [0.4, 0.5) is 5.69 Å². The highest BCUT2D eigenvalue weighted by molar-refractivity contribution is 5.55. The third kappa shape index (κ3) is 3.15. The van der Waals surface area contributed by atoms with Crippen molar-refractivity contribution in [1.29, 1.82) is 0 Å².